The monoisotopic (exact) mass is 251 g/mol. The molecule has 2 aromatic rings. The minimum Gasteiger partial charge on any atom is -0.478 e. The summed E-state index contributed by atoms with van der Waals surface area (Å²) in [5, 5.41) is 12.8. The van der Waals surface area contributed by atoms with Crippen molar-refractivity contribution in [1.29, 1.82) is 0 Å². The third-order valence-electron chi connectivity index (χ3n) is 2.50. The lowest BCUT2D eigenvalue weighted by atomic mass is 10.1. The number of nitrogens with zero attached hydrogens (tertiary/aromatic N) is 3. The van der Waals surface area contributed by atoms with Gasteiger partial charge in [0.25, 0.3) is 0 Å². The van der Waals surface area contributed by atoms with Crippen molar-refractivity contribution in [2.75, 3.05) is 0 Å². The molecule has 6 nitrogen and oxygen atoms in total. The first-order valence-corrected chi connectivity index (χ1v) is 5.09. The van der Waals surface area contributed by atoms with Crippen molar-refractivity contribution in [2.45, 2.75) is 6.54 Å². The molecule has 0 spiro atoms. The first-order chi connectivity index (χ1) is 8.49. The Balaban J connectivity index is 2.45. The third kappa shape index (κ3) is 2.15. The van der Waals surface area contributed by atoms with Gasteiger partial charge in [-0.05, 0) is 23.8 Å². The molecule has 0 aliphatic heterocycles. The Morgan fingerprint density at radius 3 is 2.78 bits per heavy atom. The van der Waals surface area contributed by atoms with Crippen LogP contribution < -0.4 is 5.69 Å². The predicted octanol–water partition coefficient (Wildman–Crippen LogP) is 0.467. The zero-order valence-corrected chi connectivity index (χ0v) is 9.50. The minimum atomic E-state index is -1.17. The average molecular weight is 251 g/mol. The van der Waals surface area contributed by atoms with Crippen molar-refractivity contribution in [3.8, 4) is 0 Å². The lowest BCUT2D eigenvalue weighted by Gasteiger charge is -2.05. The van der Waals surface area contributed by atoms with Gasteiger partial charge >= 0.3 is 11.7 Å². The fourth-order valence-corrected chi connectivity index (χ4v) is 1.59. The van der Waals surface area contributed by atoms with E-state index < -0.39 is 17.5 Å². The summed E-state index contributed by atoms with van der Waals surface area (Å²) in [7, 11) is 1.52. The lowest BCUT2D eigenvalue weighted by molar-refractivity contribution is 0.0695. The van der Waals surface area contributed by atoms with Crippen LogP contribution in [-0.4, -0.2) is 25.4 Å². The molecule has 0 atom stereocenters. The summed E-state index contributed by atoms with van der Waals surface area (Å²) in [6.07, 6.45) is 1.31. The van der Waals surface area contributed by atoms with Gasteiger partial charge in [0.15, 0.2) is 0 Å². The Bertz CT molecular complexity index is 660. The number of carbonyl (C=O) groups is 1. The van der Waals surface area contributed by atoms with Crippen LogP contribution in [0.5, 0.6) is 0 Å². The number of aryl methyl sites for hydroxylation is 1. The van der Waals surface area contributed by atoms with E-state index in [9.17, 15) is 14.0 Å². The second-order valence-electron chi connectivity index (χ2n) is 3.79. The molecule has 1 aromatic heterocycles. The molecule has 0 radical (unpaired) electrons. The van der Waals surface area contributed by atoms with Gasteiger partial charge in [0.1, 0.15) is 12.1 Å². The molecule has 0 aliphatic rings. The number of rotatable bonds is 3. The molecule has 0 fully saturated rings. The first kappa shape index (κ1) is 12.0. The standard InChI is InChI=1S/C11H10FN3O3/c1-14-6-13-15(11(14)18)5-7-4-8(12)2-3-9(7)10(16)17/h2-4,6H,5H2,1H3,(H,16,17). The van der Waals surface area contributed by atoms with Crippen LogP contribution in [0.2, 0.25) is 0 Å². The molecule has 0 saturated heterocycles. The Hall–Kier alpha value is -2.44. The van der Waals surface area contributed by atoms with Crippen LogP contribution in [0.4, 0.5) is 4.39 Å². The van der Waals surface area contributed by atoms with E-state index in [1.165, 1.54) is 24.0 Å². The molecule has 2 rings (SSSR count). The highest BCUT2D eigenvalue weighted by Gasteiger charge is 2.13. The average Bonchev–Trinajstić information content (AvgIpc) is 2.61. The number of benzene rings is 1. The van der Waals surface area contributed by atoms with Gasteiger partial charge in [-0.2, -0.15) is 5.10 Å². The summed E-state index contributed by atoms with van der Waals surface area (Å²) in [5.41, 5.74) is -0.243. The Morgan fingerprint density at radius 1 is 1.50 bits per heavy atom. The van der Waals surface area contributed by atoms with E-state index in [2.05, 4.69) is 5.10 Å². The smallest absolute Gasteiger partial charge is 0.345 e. The molecule has 7 heteroatoms. The molecule has 0 bridgehead atoms. The van der Waals surface area contributed by atoms with Gasteiger partial charge in [0, 0.05) is 7.05 Å². The number of aromatic nitrogens is 3. The van der Waals surface area contributed by atoms with Gasteiger partial charge in [0.05, 0.1) is 12.1 Å². The van der Waals surface area contributed by atoms with Crippen molar-refractivity contribution >= 4 is 5.97 Å². The Kier molecular flexibility index (Phi) is 2.97. The van der Waals surface area contributed by atoms with Crippen LogP contribution in [0.1, 0.15) is 15.9 Å². The number of aromatic carboxylic acids is 1. The first-order valence-electron chi connectivity index (χ1n) is 5.09. The molecule has 0 aliphatic carbocycles. The highest BCUT2D eigenvalue weighted by molar-refractivity contribution is 5.89. The molecule has 0 amide bonds. The van der Waals surface area contributed by atoms with Gasteiger partial charge in [-0.25, -0.2) is 18.7 Å². The minimum absolute atomic E-state index is 0.0473. The van der Waals surface area contributed by atoms with Gasteiger partial charge in [-0.3, -0.25) is 4.57 Å². The van der Waals surface area contributed by atoms with E-state index in [0.717, 1.165) is 16.8 Å². The second-order valence-corrected chi connectivity index (χ2v) is 3.79. The molecular formula is C11H10FN3O3. The quantitative estimate of drug-likeness (QED) is 0.860. The van der Waals surface area contributed by atoms with Crippen molar-refractivity contribution in [3.05, 3.63) is 52.0 Å². The second kappa shape index (κ2) is 4.44. The van der Waals surface area contributed by atoms with Crippen molar-refractivity contribution < 1.29 is 14.3 Å². The Morgan fingerprint density at radius 2 is 2.22 bits per heavy atom. The summed E-state index contributed by atoms with van der Waals surface area (Å²) >= 11 is 0. The molecule has 1 aromatic carbocycles. The number of carboxylic acid groups (broad SMARTS) is 1. The largest absolute Gasteiger partial charge is 0.478 e. The summed E-state index contributed by atoms with van der Waals surface area (Å²) < 4.78 is 15.4. The van der Waals surface area contributed by atoms with Crippen LogP contribution in [0, 0.1) is 5.82 Å². The zero-order valence-electron chi connectivity index (χ0n) is 9.50. The normalized spacial score (nSPS) is 10.6. The van der Waals surface area contributed by atoms with E-state index in [1.54, 1.807) is 0 Å². The summed E-state index contributed by atoms with van der Waals surface area (Å²) in [6.45, 7) is -0.0843. The molecule has 0 unspecified atom stereocenters. The number of carboxylic acids is 1. The topological polar surface area (TPSA) is 77.1 Å². The van der Waals surface area contributed by atoms with Gasteiger partial charge < -0.3 is 5.11 Å². The fourth-order valence-electron chi connectivity index (χ4n) is 1.59. The van der Waals surface area contributed by atoms with Crippen molar-refractivity contribution in [3.63, 3.8) is 0 Å². The number of hydrogen-bond acceptors (Lipinski definition) is 3. The molecular weight excluding hydrogens is 241 g/mol. The summed E-state index contributed by atoms with van der Waals surface area (Å²) in [5.74, 6) is -1.73. The predicted molar refractivity (Wildman–Crippen MR) is 59.9 cm³/mol. The highest BCUT2D eigenvalue weighted by atomic mass is 19.1. The maximum atomic E-state index is 13.1. The fraction of sp³-hybridized carbons (Fsp3) is 0.182. The molecule has 1 heterocycles. The Labute approximate surface area is 101 Å². The van der Waals surface area contributed by atoms with E-state index >= 15 is 0 Å². The number of halogens is 1. The molecule has 18 heavy (non-hydrogen) atoms. The van der Waals surface area contributed by atoms with Gasteiger partial charge in [0.2, 0.25) is 0 Å². The van der Waals surface area contributed by atoms with Crippen LogP contribution in [-0.2, 0) is 13.6 Å². The van der Waals surface area contributed by atoms with Gasteiger partial charge in [-0.15, -0.1) is 0 Å². The van der Waals surface area contributed by atoms with Crippen LogP contribution in [0.25, 0.3) is 0 Å². The maximum absolute atomic E-state index is 13.1. The van der Waals surface area contributed by atoms with E-state index in [1.807, 2.05) is 0 Å². The van der Waals surface area contributed by atoms with Gasteiger partial charge in [-0.1, -0.05) is 0 Å². The molecule has 94 valence electrons. The highest BCUT2D eigenvalue weighted by Crippen LogP contribution is 2.12. The van der Waals surface area contributed by atoms with Crippen molar-refractivity contribution in [2.24, 2.45) is 7.05 Å². The summed E-state index contributed by atoms with van der Waals surface area (Å²) in [6, 6.07) is 3.32. The third-order valence-corrected chi connectivity index (χ3v) is 2.50. The summed E-state index contributed by atoms with van der Waals surface area (Å²) in [4.78, 5) is 22.5. The molecule has 0 saturated carbocycles. The SMILES string of the molecule is Cn1cnn(Cc2cc(F)ccc2C(=O)O)c1=O. The van der Waals surface area contributed by atoms with E-state index in [0.29, 0.717) is 0 Å². The van der Waals surface area contributed by atoms with Crippen LogP contribution in [0.15, 0.2) is 29.3 Å². The van der Waals surface area contributed by atoms with E-state index in [-0.39, 0.29) is 17.7 Å². The zero-order chi connectivity index (χ0) is 13.3. The van der Waals surface area contributed by atoms with Crippen LogP contribution >= 0.6 is 0 Å². The maximum Gasteiger partial charge on any atom is 0.345 e. The lowest BCUT2D eigenvalue weighted by Crippen LogP contribution is -2.24. The van der Waals surface area contributed by atoms with Crippen LogP contribution in [0.3, 0.4) is 0 Å². The molecule has 1 N–H and O–H groups in total. The van der Waals surface area contributed by atoms with E-state index in [4.69, 9.17) is 5.11 Å². The van der Waals surface area contributed by atoms with Crippen molar-refractivity contribution in [1.82, 2.24) is 14.3 Å². The number of hydrogen-bond donors (Lipinski definition) is 1.